The number of pyridine rings is 1. The number of para-hydroxylation sites is 1. The molecule has 0 atom stereocenters. The molecule has 0 saturated heterocycles. The lowest BCUT2D eigenvalue weighted by molar-refractivity contribution is 0.402. The fourth-order valence-electron chi connectivity index (χ4n) is 1.95. The fraction of sp³-hybridized carbons (Fsp3) is 0.0714. The SMILES string of the molecule is COc1nccc2c(Nc3ccccc3)nc(N)nc12. The molecule has 100 valence electrons. The van der Waals surface area contributed by atoms with Gasteiger partial charge in [0.15, 0.2) is 0 Å². The second kappa shape index (κ2) is 5.00. The summed E-state index contributed by atoms with van der Waals surface area (Å²) in [6.45, 7) is 0. The highest BCUT2D eigenvalue weighted by molar-refractivity contribution is 5.94. The number of benzene rings is 1. The Kier molecular flexibility index (Phi) is 3.04. The van der Waals surface area contributed by atoms with Crippen molar-refractivity contribution in [1.29, 1.82) is 0 Å². The Hall–Kier alpha value is -2.89. The largest absolute Gasteiger partial charge is 0.479 e. The Bertz CT molecular complexity index is 745. The maximum atomic E-state index is 5.76. The van der Waals surface area contributed by atoms with Crippen molar-refractivity contribution in [2.75, 3.05) is 18.2 Å². The van der Waals surface area contributed by atoms with Crippen molar-refractivity contribution in [1.82, 2.24) is 15.0 Å². The first-order valence-electron chi connectivity index (χ1n) is 6.06. The number of nitrogens with zero attached hydrogens (tertiary/aromatic N) is 3. The number of aromatic nitrogens is 3. The predicted octanol–water partition coefficient (Wildman–Crippen LogP) is 2.36. The average Bonchev–Trinajstić information content (AvgIpc) is 2.47. The molecule has 0 aliphatic rings. The molecule has 3 N–H and O–H groups in total. The van der Waals surface area contributed by atoms with Gasteiger partial charge in [0, 0.05) is 11.9 Å². The van der Waals surface area contributed by atoms with Gasteiger partial charge in [0.1, 0.15) is 11.3 Å². The molecule has 20 heavy (non-hydrogen) atoms. The van der Waals surface area contributed by atoms with Gasteiger partial charge in [-0.2, -0.15) is 4.98 Å². The van der Waals surface area contributed by atoms with Crippen LogP contribution in [-0.4, -0.2) is 22.1 Å². The highest BCUT2D eigenvalue weighted by Gasteiger charge is 2.11. The van der Waals surface area contributed by atoms with Crippen LogP contribution in [0.1, 0.15) is 0 Å². The van der Waals surface area contributed by atoms with Gasteiger partial charge in [-0.25, -0.2) is 9.97 Å². The van der Waals surface area contributed by atoms with Gasteiger partial charge < -0.3 is 15.8 Å². The number of nitrogen functional groups attached to an aromatic ring is 1. The van der Waals surface area contributed by atoms with Crippen molar-refractivity contribution >= 4 is 28.4 Å². The molecule has 0 aliphatic heterocycles. The number of nitrogens with two attached hydrogens (primary N) is 1. The van der Waals surface area contributed by atoms with Gasteiger partial charge in [-0.3, -0.25) is 0 Å². The first kappa shape index (κ1) is 12.2. The minimum atomic E-state index is 0.169. The quantitative estimate of drug-likeness (QED) is 0.757. The summed E-state index contributed by atoms with van der Waals surface area (Å²) in [5.41, 5.74) is 7.26. The fourth-order valence-corrected chi connectivity index (χ4v) is 1.95. The number of ether oxygens (including phenoxy) is 1. The van der Waals surface area contributed by atoms with E-state index in [0.29, 0.717) is 17.2 Å². The van der Waals surface area contributed by atoms with Crippen LogP contribution < -0.4 is 15.8 Å². The van der Waals surface area contributed by atoms with Gasteiger partial charge in [0.05, 0.1) is 12.5 Å². The van der Waals surface area contributed by atoms with Gasteiger partial charge in [-0.15, -0.1) is 0 Å². The molecule has 0 unspecified atom stereocenters. The summed E-state index contributed by atoms with van der Waals surface area (Å²) in [5.74, 6) is 1.22. The van der Waals surface area contributed by atoms with E-state index in [0.717, 1.165) is 11.1 Å². The van der Waals surface area contributed by atoms with Gasteiger partial charge in [0.25, 0.3) is 0 Å². The molecule has 0 spiro atoms. The van der Waals surface area contributed by atoms with Crippen LogP contribution in [0.5, 0.6) is 5.88 Å². The van der Waals surface area contributed by atoms with E-state index < -0.39 is 0 Å². The topological polar surface area (TPSA) is 86.0 Å². The zero-order valence-corrected chi connectivity index (χ0v) is 10.9. The monoisotopic (exact) mass is 267 g/mol. The second-order valence-corrected chi connectivity index (χ2v) is 4.14. The minimum Gasteiger partial charge on any atom is -0.479 e. The van der Waals surface area contributed by atoms with E-state index in [1.165, 1.54) is 0 Å². The van der Waals surface area contributed by atoms with E-state index in [4.69, 9.17) is 10.5 Å². The van der Waals surface area contributed by atoms with Crippen molar-refractivity contribution in [3.8, 4) is 5.88 Å². The van der Waals surface area contributed by atoms with E-state index in [9.17, 15) is 0 Å². The first-order valence-corrected chi connectivity index (χ1v) is 6.06. The summed E-state index contributed by atoms with van der Waals surface area (Å²) in [4.78, 5) is 12.6. The highest BCUT2D eigenvalue weighted by atomic mass is 16.5. The maximum absolute atomic E-state index is 5.76. The lowest BCUT2D eigenvalue weighted by atomic mass is 10.2. The molecule has 6 heteroatoms. The Morgan fingerprint density at radius 3 is 2.65 bits per heavy atom. The summed E-state index contributed by atoms with van der Waals surface area (Å²) in [6, 6.07) is 11.5. The maximum Gasteiger partial charge on any atom is 0.240 e. The van der Waals surface area contributed by atoms with Crippen LogP contribution in [0, 0.1) is 0 Å². The summed E-state index contributed by atoms with van der Waals surface area (Å²) in [5, 5.41) is 4.03. The molecule has 0 saturated carbocycles. The summed E-state index contributed by atoms with van der Waals surface area (Å²) < 4.78 is 5.20. The number of anilines is 3. The molecule has 0 aliphatic carbocycles. The van der Waals surface area contributed by atoms with E-state index in [1.807, 2.05) is 36.4 Å². The van der Waals surface area contributed by atoms with Crippen LogP contribution in [0.4, 0.5) is 17.5 Å². The Morgan fingerprint density at radius 2 is 1.90 bits per heavy atom. The molecule has 0 amide bonds. The number of rotatable bonds is 3. The molecule has 6 nitrogen and oxygen atoms in total. The van der Waals surface area contributed by atoms with Crippen LogP contribution in [0.3, 0.4) is 0 Å². The molecular formula is C14H13N5O. The number of hydrogen-bond donors (Lipinski definition) is 2. The normalized spacial score (nSPS) is 10.4. The van der Waals surface area contributed by atoms with Crippen molar-refractivity contribution in [3.05, 3.63) is 42.6 Å². The van der Waals surface area contributed by atoms with Gasteiger partial charge in [-0.1, -0.05) is 18.2 Å². The number of methoxy groups -OCH3 is 1. The number of fused-ring (bicyclic) bond motifs is 1. The van der Waals surface area contributed by atoms with E-state index >= 15 is 0 Å². The molecule has 3 rings (SSSR count). The summed E-state index contributed by atoms with van der Waals surface area (Å²) >= 11 is 0. The molecule has 0 radical (unpaired) electrons. The van der Waals surface area contributed by atoms with Crippen LogP contribution >= 0.6 is 0 Å². The van der Waals surface area contributed by atoms with Crippen LogP contribution in [-0.2, 0) is 0 Å². The number of hydrogen-bond acceptors (Lipinski definition) is 6. The van der Waals surface area contributed by atoms with Gasteiger partial charge in [0.2, 0.25) is 11.8 Å². The van der Waals surface area contributed by atoms with Crippen LogP contribution in [0.15, 0.2) is 42.6 Å². The first-order chi connectivity index (χ1) is 9.78. The third kappa shape index (κ3) is 2.18. The molecule has 2 heterocycles. The zero-order valence-electron chi connectivity index (χ0n) is 10.9. The molecule has 2 aromatic heterocycles. The third-order valence-electron chi connectivity index (χ3n) is 2.83. The molecular weight excluding hydrogens is 254 g/mol. The highest BCUT2D eigenvalue weighted by Crippen LogP contribution is 2.28. The van der Waals surface area contributed by atoms with Crippen molar-refractivity contribution < 1.29 is 4.74 Å². The summed E-state index contributed by atoms with van der Waals surface area (Å²) in [7, 11) is 1.55. The average molecular weight is 267 g/mol. The smallest absolute Gasteiger partial charge is 0.240 e. The third-order valence-corrected chi connectivity index (χ3v) is 2.83. The lowest BCUT2D eigenvalue weighted by Crippen LogP contribution is -2.03. The molecule has 3 aromatic rings. The Balaban J connectivity index is 2.15. The lowest BCUT2D eigenvalue weighted by Gasteiger charge is -2.10. The molecule has 0 fully saturated rings. The van der Waals surface area contributed by atoms with E-state index in [-0.39, 0.29) is 5.95 Å². The van der Waals surface area contributed by atoms with Gasteiger partial charge in [-0.05, 0) is 18.2 Å². The second-order valence-electron chi connectivity index (χ2n) is 4.14. The Labute approximate surface area is 115 Å². The van der Waals surface area contributed by atoms with E-state index in [2.05, 4.69) is 20.3 Å². The predicted molar refractivity (Wildman–Crippen MR) is 78.0 cm³/mol. The Morgan fingerprint density at radius 1 is 1.10 bits per heavy atom. The van der Waals surface area contributed by atoms with Crippen molar-refractivity contribution in [2.45, 2.75) is 0 Å². The van der Waals surface area contributed by atoms with Gasteiger partial charge >= 0.3 is 0 Å². The zero-order chi connectivity index (χ0) is 13.9. The molecule has 1 aromatic carbocycles. The summed E-state index contributed by atoms with van der Waals surface area (Å²) in [6.07, 6.45) is 1.65. The van der Waals surface area contributed by atoms with Crippen molar-refractivity contribution in [3.63, 3.8) is 0 Å². The van der Waals surface area contributed by atoms with E-state index in [1.54, 1.807) is 13.3 Å². The molecule has 0 bridgehead atoms. The van der Waals surface area contributed by atoms with Crippen LogP contribution in [0.25, 0.3) is 10.9 Å². The number of nitrogens with one attached hydrogen (secondary N) is 1. The standard InChI is InChI=1S/C14H13N5O/c1-20-13-11-10(7-8-16-13)12(19-14(15)18-11)17-9-5-3-2-4-6-9/h2-8H,1H3,(H3,15,17,18,19). The van der Waals surface area contributed by atoms with Crippen LogP contribution in [0.2, 0.25) is 0 Å². The van der Waals surface area contributed by atoms with Crippen molar-refractivity contribution in [2.24, 2.45) is 0 Å². The minimum absolute atomic E-state index is 0.169.